The van der Waals surface area contributed by atoms with Gasteiger partial charge in [-0.3, -0.25) is 4.79 Å². The van der Waals surface area contributed by atoms with E-state index in [1.165, 1.54) is 16.4 Å². The van der Waals surface area contributed by atoms with E-state index in [1.807, 2.05) is 30.5 Å². The van der Waals surface area contributed by atoms with Crippen molar-refractivity contribution in [3.63, 3.8) is 0 Å². The summed E-state index contributed by atoms with van der Waals surface area (Å²) in [5.41, 5.74) is 1.32. The third kappa shape index (κ3) is 4.54. The Labute approximate surface area is 175 Å². The first-order chi connectivity index (χ1) is 13.3. The molecule has 2 aromatic rings. The lowest BCUT2D eigenvalue weighted by atomic mass is 10.1. The van der Waals surface area contributed by atoms with Gasteiger partial charge in [0.25, 0.3) is 5.91 Å². The number of carbonyl (C=O) groups excluding carboxylic acids is 1. The fourth-order valence-electron chi connectivity index (χ4n) is 3.20. The van der Waals surface area contributed by atoms with Crippen LogP contribution >= 0.6 is 23.4 Å². The van der Waals surface area contributed by atoms with Crippen molar-refractivity contribution < 1.29 is 13.2 Å². The molecule has 0 atom stereocenters. The molecule has 1 aliphatic rings. The molecule has 0 N–H and O–H groups in total. The zero-order chi connectivity index (χ0) is 20.3. The fourth-order valence-corrected chi connectivity index (χ4v) is 5.62. The molecule has 8 heteroatoms. The van der Waals surface area contributed by atoms with Gasteiger partial charge in [0, 0.05) is 37.1 Å². The van der Waals surface area contributed by atoms with Crippen LogP contribution in [0.15, 0.2) is 52.3 Å². The Morgan fingerprint density at radius 1 is 1.14 bits per heavy atom. The van der Waals surface area contributed by atoms with Gasteiger partial charge >= 0.3 is 0 Å². The van der Waals surface area contributed by atoms with Crippen LogP contribution < -0.4 is 0 Å². The lowest BCUT2D eigenvalue weighted by Gasteiger charge is -2.20. The zero-order valence-corrected chi connectivity index (χ0v) is 18.3. The maximum Gasteiger partial charge on any atom is 0.253 e. The lowest BCUT2D eigenvalue weighted by Crippen LogP contribution is -2.29. The molecule has 3 rings (SSSR count). The number of halogens is 1. The Bertz CT molecular complexity index is 956. The predicted molar refractivity (Wildman–Crippen MR) is 113 cm³/mol. The fraction of sp³-hybridized carbons (Fsp3) is 0.350. The topological polar surface area (TPSA) is 57.7 Å². The molecule has 1 amide bonds. The van der Waals surface area contributed by atoms with E-state index < -0.39 is 10.0 Å². The molecular weight excluding hydrogens is 416 g/mol. The molecular formula is C20H23ClN2O3S2. The summed E-state index contributed by atoms with van der Waals surface area (Å²) in [5, 5.41) is 0.138. The van der Waals surface area contributed by atoms with Gasteiger partial charge in [0.05, 0.1) is 5.02 Å². The molecule has 5 nitrogen and oxygen atoms in total. The highest BCUT2D eigenvalue weighted by Gasteiger charge is 2.30. The highest BCUT2D eigenvalue weighted by Crippen LogP contribution is 2.28. The summed E-state index contributed by atoms with van der Waals surface area (Å²) in [6, 6.07) is 12.5. The van der Waals surface area contributed by atoms with Gasteiger partial charge in [-0.15, -0.1) is 11.8 Å². The summed E-state index contributed by atoms with van der Waals surface area (Å²) in [6.45, 7) is 1.41. The Morgan fingerprint density at radius 2 is 1.79 bits per heavy atom. The van der Waals surface area contributed by atoms with Gasteiger partial charge in [-0.2, -0.15) is 4.31 Å². The molecule has 0 saturated carbocycles. The van der Waals surface area contributed by atoms with Crippen LogP contribution in [-0.2, 0) is 16.6 Å². The number of rotatable bonds is 6. The molecule has 2 aromatic carbocycles. The van der Waals surface area contributed by atoms with Crippen LogP contribution in [0.3, 0.4) is 0 Å². The minimum Gasteiger partial charge on any atom is -0.337 e. The lowest BCUT2D eigenvalue weighted by molar-refractivity contribution is 0.0785. The summed E-state index contributed by atoms with van der Waals surface area (Å²) >= 11 is 7.83. The normalized spacial score (nSPS) is 15.0. The van der Waals surface area contributed by atoms with Crippen LogP contribution in [-0.4, -0.2) is 49.9 Å². The summed E-state index contributed by atoms with van der Waals surface area (Å²) in [4.78, 5) is 15.6. The van der Waals surface area contributed by atoms with Gasteiger partial charge < -0.3 is 4.90 Å². The molecule has 0 unspecified atom stereocenters. The standard InChI is InChI=1S/C20H23ClN2O3S2/c1-22(14-15-5-8-17(27-2)9-6-15)20(24)16-7-10-18(21)19(13-16)28(25,26)23-11-3-4-12-23/h5-10,13H,3-4,11-12,14H2,1-2H3. The van der Waals surface area contributed by atoms with Gasteiger partial charge in [0.15, 0.2) is 0 Å². The van der Waals surface area contributed by atoms with Crippen molar-refractivity contribution in [3.8, 4) is 0 Å². The Balaban J connectivity index is 1.81. The molecule has 0 bridgehead atoms. The number of thioether (sulfide) groups is 1. The van der Waals surface area contributed by atoms with E-state index in [2.05, 4.69) is 0 Å². The van der Waals surface area contributed by atoms with E-state index in [0.717, 1.165) is 23.3 Å². The SMILES string of the molecule is CSc1ccc(CN(C)C(=O)c2ccc(Cl)c(S(=O)(=O)N3CCCC3)c2)cc1. The van der Waals surface area contributed by atoms with E-state index >= 15 is 0 Å². The second-order valence-electron chi connectivity index (χ2n) is 6.77. The minimum atomic E-state index is -3.69. The van der Waals surface area contributed by atoms with E-state index in [1.54, 1.807) is 29.8 Å². The zero-order valence-electron chi connectivity index (χ0n) is 15.9. The minimum absolute atomic E-state index is 0.000333. The maximum absolute atomic E-state index is 12.9. The van der Waals surface area contributed by atoms with Gasteiger partial charge in [-0.05, 0) is 55.0 Å². The second kappa shape index (κ2) is 8.86. The number of sulfonamides is 1. The van der Waals surface area contributed by atoms with E-state index in [9.17, 15) is 13.2 Å². The summed E-state index contributed by atoms with van der Waals surface area (Å²) in [6.07, 6.45) is 3.69. The maximum atomic E-state index is 12.9. The van der Waals surface area contributed by atoms with Gasteiger partial charge in [-0.25, -0.2) is 8.42 Å². The van der Waals surface area contributed by atoms with Gasteiger partial charge in [0.2, 0.25) is 10.0 Å². The first kappa shape index (κ1) is 21.2. The third-order valence-electron chi connectivity index (χ3n) is 4.79. The first-order valence-corrected chi connectivity index (χ1v) is 12.1. The number of carbonyl (C=O) groups is 1. The van der Waals surface area contributed by atoms with Crippen molar-refractivity contribution in [3.05, 3.63) is 58.6 Å². The molecule has 150 valence electrons. The summed E-state index contributed by atoms with van der Waals surface area (Å²) in [7, 11) is -1.99. The van der Waals surface area contributed by atoms with Gasteiger partial charge in [-0.1, -0.05) is 23.7 Å². The third-order valence-corrected chi connectivity index (χ3v) is 7.91. The molecule has 0 aliphatic carbocycles. The monoisotopic (exact) mass is 438 g/mol. The van der Waals surface area contributed by atoms with E-state index in [0.29, 0.717) is 25.2 Å². The smallest absolute Gasteiger partial charge is 0.253 e. The first-order valence-electron chi connectivity index (χ1n) is 9.01. The van der Waals surface area contributed by atoms with Crippen LogP contribution in [0.25, 0.3) is 0 Å². The highest BCUT2D eigenvalue weighted by atomic mass is 35.5. The average Bonchev–Trinajstić information content (AvgIpc) is 3.24. The van der Waals surface area contributed by atoms with Crippen LogP contribution in [0.2, 0.25) is 5.02 Å². The highest BCUT2D eigenvalue weighted by molar-refractivity contribution is 7.98. The van der Waals surface area contributed by atoms with Crippen LogP contribution in [0.4, 0.5) is 0 Å². The molecule has 0 spiro atoms. The number of nitrogens with zero attached hydrogens (tertiary/aromatic N) is 2. The summed E-state index contributed by atoms with van der Waals surface area (Å²) < 4.78 is 27.2. The molecule has 0 radical (unpaired) electrons. The quantitative estimate of drug-likeness (QED) is 0.636. The van der Waals surface area contributed by atoms with Crippen molar-refractivity contribution >= 4 is 39.3 Å². The number of amides is 1. The molecule has 1 fully saturated rings. The van der Waals surface area contributed by atoms with Crippen molar-refractivity contribution in [2.75, 3.05) is 26.4 Å². The molecule has 1 heterocycles. The predicted octanol–water partition coefficient (Wildman–Crippen LogP) is 4.12. The van der Waals surface area contributed by atoms with Crippen molar-refractivity contribution in [2.45, 2.75) is 29.2 Å². The second-order valence-corrected chi connectivity index (χ2v) is 9.96. The van der Waals surface area contributed by atoms with Crippen LogP contribution in [0, 0.1) is 0 Å². The average molecular weight is 439 g/mol. The van der Waals surface area contributed by atoms with Crippen LogP contribution in [0.5, 0.6) is 0 Å². The molecule has 1 aliphatic heterocycles. The van der Waals surface area contributed by atoms with Crippen molar-refractivity contribution in [1.29, 1.82) is 0 Å². The van der Waals surface area contributed by atoms with Gasteiger partial charge in [0.1, 0.15) is 4.90 Å². The molecule has 0 aromatic heterocycles. The Kier molecular flexibility index (Phi) is 6.70. The van der Waals surface area contributed by atoms with Crippen molar-refractivity contribution in [2.24, 2.45) is 0 Å². The van der Waals surface area contributed by atoms with Crippen LogP contribution in [0.1, 0.15) is 28.8 Å². The summed E-state index contributed by atoms with van der Waals surface area (Å²) in [5.74, 6) is -0.247. The molecule has 28 heavy (non-hydrogen) atoms. The van der Waals surface area contributed by atoms with E-state index in [4.69, 9.17) is 11.6 Å². The number of hydrogen-bond acceptors (Lipinski definition) is 4. The molecule has 1 saturated heterocycles. The Hall–Kier alpha value is -1.54. The number of benzene rings is 2. The Morgan fingerprint density at radius 3 is 2.39 bits per heavy atom. The van der Waals surface area contributed by atoms with Crippen molar-refractivity contribution in [1.82, 2.24) is 9.21 Å². The largest absolute Gasteiger partial charge is 0.337 e. The van der Waals surface area contributed by atoms with E-state index in [-0.39, 0.29) is 15.8 Å². The number of hydrogen-bond donors (Lipinski definition) is 0.